The molecule has 0 spiro atoms. The molecule has 0 saturated heterocycles. The maximum Gasteiger partial charge on any atom is 0.246 e. The summed E-state index contributed by atoms with van der Waals surface area (Å²) in [6, 6.07) is 0. The number of carbonyl (C=O) groups is 1. The predicted molar refractivity (Wildman–Crippen MR) is 59.8 cm³/mol. The topological polar surface area (TPSA) is 47.6 Å². The first kappa shape index (κ1) is 14.4. The number of hydrogen-bond acceptors (Lipinski definition) is 3. The lowest BCUT2D eigenvalue weighted by atomic mass is 10.2. The molecular weight excluding hydrogens is 194 g/mol. The number of hydrogen-bond donors (Lipinski definition) is 1. The molecule has 0 aromatic carbocycles. The van der Waals surface area contributed by atoms with Crippen molar-refractivity contribution in [2.45, 2.75) is 46.3 Å². The summed E-state index contributed by atoms with van der Waals surface area (Å²) in [6.45, 7) is 10.9. The van der Waals surface area contributed by atoms with Gasteiger partial charge in [-0.25, -0.2) is 0 Å². The first-order chi connectivity index (χ1) is 6.85. The standard InChI is InChI=1S/C11H23NO3/c1-6-14-9(2)7-12-10(13)8-15-11(3,4)5/h9H,6-8H2,1-5H3,(H,12,13). The molecule has 1 atom stereocenters. The third kappa shape index (κ3) is 9.69. The highest BCUT2D eigenvalue weighted by Crippen LogP contribution is 2.05. The van der Waals surface area contributed by atoms with Gasteiger partial charge in [0, 0.05) is 13.2 Å². The number of amides is 1. The van der Waals surface area contributed by atoms with E-state index in [-0.39, 0.29) is 24.2 Å². The summed E-state index contributed by atoms with van der Waals surface area (Å²) in [6.07, 6.45) is 0.0496. The van der Waals surface area contributed by atoms with Crippen molar-refractivity contribution in [1.29, 1.82) is 0 Å². The molecule has 0 fully saturated rings. The van der Waals surface area contributed by atoms with Crippen molar-refractivity contribution in [2.24, 2.45) is 0 Å². The first-order valence-electron chi connectivity index (χ1n) is 5.37. The molecule has 0 aromatic heterocycles. The molecule has 0 heterocycles. The van der Waals surface area contributed by atoms with E-state index in [1.807, 2.05) is 34.6 Å². The SMILES string of the molecule is CCOC(C)CNC(=O)COC(C)(C)C. The predicted octanol–water partition coefficient (Wildman–Crippen LogP) is 1.34. The van der Waals surface area contributed by atoms with Crippen LogP contribution in [0, 0.1) is 0 Å². The van der Waals surface area contributed by atoms with Gasteiger partial charge >= 0.3 is 0 Å². The molecule has 90 valence electrons. The van der Waals surface area contributed by atoms with Gasteiger partial charge in [-0.2, -0.15) is 0 Å². The van der Waals surface area contributed by atoms with E-state index in [1.54, 1.807) is 0 Å². The minimum Gasteiger partial charge on any atom is -0.377 e. The molecule has 0 saturated carbocycles. The van der Waals surface area contributed by atoms with E-state index in [9.17, 15) is 4.79 Å². The van der Waals surface area contributed by atoms with Crippen LogP contribution in [0.1, 0.15) is 34.6 Å². The quantitative estimate of drug-likeness (QED) is 0.730. The number of rotatable bonds is 6. The van der Waals surface area contributed by atoms with E-state index >= 15 is 0 Å². The highest BCUT2D eigenvalue weighted by molar-refractivity contribution is 5.77. The van der Waals surface area contributed by atoms with Crippen molar-refractivity contribution in [2.75, 3.05) is 19.8 Å². The molecule has 0 aliphatic rings. The molecular formula is C11H23NO3. The molecule has 1 unspecified atom stereocenters. The van der Waals surface area contributed by atoms with Gasteiger partial charge < -0.3 is 14.8 Å². The lowest BCUT2D eigenvalue weighted by Crippen LogP contribution is -2.36. The summed E-state index contributed by atoms with van der Waals surface area (Å²) in [5.74, 6) is -0.100. The fourth-order valence-corrected chi connectivity index (χ4v) is 0.934. The van der Waals surface area contributed by atoms with Crippen LogP contribution in [0.2, 0.25) is 0 Å². The van der Waals surface area contributed by atoms with Crippen LogP contribution in [0.3, 0.4) is 0 Å². The van der Waals surface area contributed by atoms with Gasteiger partial charge in [-0.1, -0.05) is 0 Å². The zero-order chi connectivity index (χ0) is 11.9. The van der Waals surface area contributed by atoms with Gasteiger partial charge in [-0.05, 0) is 34.6 Å². The zero-order valence-corrected chi connectivity index (χ0v) is 10.4. The van der Waals surface area contributed by atoms with Crippen LogP contribution in [0.5, 0.6) is 0 Å². The largest absolute Gasteiger partial charge is 0.377 e. The Kier molecular flexibility index (Phi) is 6.52. The first-order valence-corrected chi connectivity index (χ1v) is 5.37. The van der Waals surface area contributed by atoms with Gasteiger partial charge in [0.25, 0.3) is 0 Å². The van der Waals surface area contributed by atoms with Crippen molar-refractivity contribution >= 4 is 5.91 Å². The lowest BCUT2D eigenvalue weighted by molar-refractivity contribution is -0.131. The molecule has 15 heavy (non-hydrogen) atoms. The Morgan fingerprint density at radius 1 is 1.40 bits per heavy atom. The Bertz CT molecular complexity index is 187. The summed E-state index contributed by atoms with van der Waals surface area (Å²) in [4.78, 5) is 11.3. The van der Waals surface area contributed by atoms with Gasteiger partial charge in [0.15, 0.2) is 0 Å². The van der Waals surface area contributed by atoms with Gasteiger partial charge in [-0.3, -0.25) is 4.79 Å². The van der Waals surface area contributed by atoms with Crippen molar-refractivity contribution in [3.05, 3.63) is 0 Å². The van der Waals surface area contributed by atoms with E-state index < -0.39 is 0 Å². The van der Waals surface area contributed by atoms with Crippen LogP contribution >= 0.6 is 0 Å². The second kappa shape index (κ2) is 6.80. The van der Waals surface area contributed by atoms with E-state index in [0.717, 1.165) is 0 Å². The van der Waals surface area contributed by atoms with Gasteiger partial charge in [0.2, 0.25) is 5.91 Å². The minimum atomic E-state index is -0.275. The van der Waals surface area contributed by atoms with Crippen LogP contribution < -0.4 is 5.32 Å². The summed E-state index contributed by atoms with van der Waals surface area (Å²) in [7, 11) is 0. The van der Waals surface area contributed by atoms with Crippen LogP contribution in [0.25, 0.3) is 0 Å². The highest BCUT2D eigenvalue weighted by atomic mass is 16.5. The normalized spacial score (nSPS) is 13.7. The van der Waals surface area contributed by atoms with Gasteiger partial charge in [0.05, 0.1) is 11.7 Å². The fourth-order valence-electron chi connectivity index (χ4n) is 0.934. The second-order valence-corrected chi connectivity index (χ2v) is 4.47. The zero-order valence-electron chi connectivity index (χ0n) is 10.4. The molecule has 0 bridgehead atoms. The number of ether oxygens (including phenoxy) is 2. The van der Waals surface area contributed by atoms with Crippen molar-refractivity contribution < 1.29 is 14.3 Å². The van der Waals surface area contributed by atoms with Crippen LogP contribution in [0.15, 0.2) is 0 Å². The summed E-state index contributed by atoms with van der Waals surface area (Å²) >= 11 is 0. The average Bonchev–Trinajstić information content (AvgIpc) is 2.11. The number of nitrogens with one attached hydrogen (secondary N) is 1. The van der Waals surface area contributed by atoms with E-state index in [2.05, 4.69) is 5.32 Å². The van der Waals surface area contributed by atoms with Crippen LogP contribution in [0.4, 0.5) is 0 Å². The molecule has 1 N–H and O–H groups in total. The second-order valence-electron chi connectivity index (χ2n) is 4.47. The Balaban J connectivity index is 3.58. The molecule has 0 aliphatic carbocycles. The lowest BCUT2D eigenvalue weighted by Gasteiger charge is -2.19. The summed E-state index contributed by atoms with van der Waals surface area (Å²) in [5.41, 5.74) is -0.275. The molecule has 4 heteroatoms. The third-order valence-corrected chi connectivity index (χ3v) is 1.67. The molecule has 0 radical (unpaired) electrons. The van der Waals surface area contributed by atoms with Crippen molar-refractivity contribution in [3.8, 4) is 0 Å². The van der Waals surface area contributed by atoms with Crippen molar-refractivity contribution in [1.82, 2.24) is 5.32 Å². The van der Waals surface area contributed by atoms with Gasteiger partial charge in [0.1, 0.15) is 6.61 Å². The summed E-state index contributed by atoms with van der Waals surface area (Å²) < 4.78 is 10.6. The van der Waals surface area contributed by atoms with Crippen molar-refractivity contribution in [3.63, 3.8) is 0 Å². The van der Waals surface area contributed by atoms with E-state index in [0.29, 0.717) is 13.2 Å². The smallest absolute Gasteiger partial charge is 0.246 e. The summed E-state index contributed by atoms with van der Waals surface area (Å²) in [5, 5.41) is 2.75. The van der Waals surface area contributed by atoms with Crippen LogP contribution in [-0.4, -0.2) is 37.4 Å². The average molecular weight is 217 g/mol. The monoisotopic (exact) mass is 217 g/mol. The Morgan fingerprint density at radius 3 is 2.47 bits per heavy atom. The molecule has 1 amide bonds. The van der Waals surface area contributed by atoms with E-state index in [1.165, 1.54) is 0 Å². The molecule has 0 aromatic rings. The van der Waals surface area contributed by atoms with Crippen LogP contribution in [-0.2, 0) is 14.3 Å². The fraction of sp³-hybridized carbons (Fsp3) is 0.909. The number of carbonyl (C=O) groups excluding carboxylic acids is 1. The molecule has 4 nitrogen and oxygen atoms in total. The maximum absolute atomic E-state index is 11.3. The third-order valence-electron chi connectivity index (χ3n) is 1.67. The maximum atomic E-state index is 11.3. The Labute approximate surface area is 92.3 Å². The van der Waals surface area contributed by atoms with E-state index in [4.69, 9.17) is 9.47 Å². The van der Waals surface area contributed by atoms with Gasteiger partial charge in [-0.15, -0.1) is 0 Å². The highest BCUT2D eigenvalue weighted by Gasteiger charge is 2.13. The minimum absolute atomic E-state index is 0.0496. The Morgan fingerprint density at radius 2 is 2.00 bits per heavy atom. The Hall–Kier alpha value is -0.610. The molecule has 0 rings (SSSR count). The molecule has 0 aliphatic heterocycles.